The third-order valence-corrected chi connectivity index (χ3v) is 4.58. The van der Waals surface area contributed by atoms with Crippen LogP contribution >= 0.6 is 11.6 Å². The Hall–Kier alpha value is -1.85. The van der Waals surface area contributed by atoms with Crippen molar-refractivity contribution in [1.29, 1.82) is 0 Å². The number of fused-ring (bicyclic) bond motifs is 1. The Balaban J connectivity index is 1.78. The Bertz CT molecular complexity index is 727. The van der Waals surface area contributed by atoms with E-state index in [4.69, 9.17) is 11.6 Å². The van der Waals surface area contributed by atoms with Gasteiger partial charge in [-0.05, 0) is 42.5 Å². The van der Waals surface area contributed by atoms with E-state index in [1.165, 1.54) is 11.3 Å². The van der Waals surface area contributed by atoms with Gasteiger partial charge >= 0.3 is 5.97 Å². The first-order chi connectivity index (χ1) is 11.0. The molecule has 5 nitrogen and oxygen atoms in total. The highest BCUT2D eigenvalue weighted by Crippen LogP contribution is 2.26. The fraction of sp³-hybridized carbons (Fsp3) is 0.412. The SMILES string of the molecule is Cn1nc2c(c1CN[C@H](CC(=O)O)c1cccc(Cl)c1)CCC2. The van der Waals surface area contributed by atoms with E-state index in [0.29, 0.717) is 11.6 Å². The lowest BCUT2D eigenvalue weighted by Crippen LogP contribution is -2.25. The molecule has 1 heterocycles. The van der Waals surface area contributed by atoms with Crippen LogP contribution in [0, 0.1) is 0 Å². The molecule has 1 aliphatic rings. The summed E-state index contributed by atoms with van der Waals surface area (Å²) in [6.45, 7) is 0.600. The Morgan fingerprint density at radius 1 is 1.48 bits per heavy atom. The fourth-order valence-corrected chi connectivity index (χ4v) is 3.43. The van der Waals surface area contributed by atoms with Crippen LogP contribution in [-0.2, 0) is 31.2 Å². The summed E-state index contributed by atoms with van der Waals surface area (Å²) >= 11 is 6.04. The molecule has 1 aromatic heterocycles. The first-order valence-electron chi connectivity index (χ1n) is 7.79. The third-order valence-electron chi connectivity index (χ3n) is 4.34. The van der Waals surface area contributed by atoms with Gasteiger partial charge in [-0.1, -0.05) is 23.7 Å². The summed E-state index contributed by atoms with van der Waals surface area (Å²) in [5, 5.41) is 17.7. The minimum absolute atomic E-state index is 0.0143. The van der Waals surface area contributed by atoms with Crippen LogP contribution in [0.2, 0.25) is 5.02 Å². The Kier molecular flexibility index (Phi) is 4.68. The molecule has 23 heavy (non-hydrogen) atoms. The molecular weight excluding hydrogens is 314 g/mol. The van der Waals surface area contributed by atoms with Gasteiger partial charge in [0.1, 0.15) is 0 Å². The molecule has 0 saturated carbocycles. The van der Waals surface area contributed by atoms with Gasteiger partial charge in [0.25, 0.3) is 0 Å². The van der Waals surface area contributed by atoms with E-state index in [9.17, 15) is 9.90 Å². The summed E-state index contributed by atoms with van der Waals surface area (Å²) in [6, 6.07) is 7.07. The molecule has 1 aliphatic carbocycles. The van der Waals surface area contributed by atoms with Crippen LogP contribution < -0.4 is 5.32 Å². The highest BCUT2D eigenvalue weighted by molar-refractivity contribution is 6.30. The zero-order valence-corrected chi connectivity index (χ0v) is 13.8. The quantitative estimate of drug-likeness (QED) is 0.853. The fourth-order valence-electron chi connectivity index (χ4n) is 3.23. The molecular formula is C17H20ClN3O2. The van der Waals surface area contributed by atoms with Gasteiger partial charge in [0, 0.05) is 24.7 Å². The van der Waals surface area contributed by atoms with Crippen LogP contribution in [0.25, 0.3) is 0 Å². The molecule has 0 unspecified atom stereocenters. The topological polar surface area (TPSA) is 67.2 Å². The highest BCUT2D eigenvalue weighted by Gasteiger charge is 2.22. The van der Waals surface area contributed by atoms with Crippen molar-refractivity contribution in [2.45, 2.75) is 38.3 Å². The zero-order chi connectivity index (χ0) is 16.4. The van der Waals surface area contributed by atoms with Crippen LogP contribution in [0.15, 0.2) is 24.3 Å². The van der Waals surface area contributed by atoms with Crippen LogP contribution in [0.1, 0.15) is 41.4 Å². The van der Waals surface area contributed by atoms with Crippen molar-refractivity contribution < 1.29 is 9.90 Å². The third kappa shape index (κ3) is 3.57. The van der Waals surface area contributed by atoms with Crippen molar-refractivity contribution in [1.82, 2.24) is 15.1 Å². The number of nitrogens with one attached hydrogen (secondary N) is 1. The number of carboxylic acids is 1. The molecule has 0 amide bonds. The molecule has 3 rings (SSSR count). The van der Waals surface area contributed by atoms with Crippen molar-refractivity contribution >= 4 is 17.6 Å². The molecule has 0 radical (unpaired) electrons. The standard InChI is InChI=1S/C17H20ClN3O2/c1-21-16(13-6-3-7-14(13)20-21)10-19-15(9-17(22)23)11-4-2-5-12(18)8-11/h2,4-5,8,15,19H,3,6-7,9-10H2,1H3,(H,22,23)/t15-/m1/s1. The van der Waals surface area contributed by atoms with Gasteiger partial charge in [0.15, 0.2) is 0 Å². The Morgan fingerprint density at radius 3 is 3.04 bits per heavy atom. The van der Waals surface area contributed by atoms with E-state index >= 15 is 0 Å². The van der Waals surface area contributed by atoms with Gasteiger partial charge in [-0.25, -0.2) is 0 Å². The average molecular weight is 334 g/mol. The molecule has 122 valence electrons. The van der Waals surface area contributed by atoms with E-state index < -0.39 is 5.97 Å². The van der Waals surface area contributed by atoms with Crippen molar-refractivity contribution in [3.8, 4) is 0 Å². The molecule has 0 aliphatic heterocycles. The van der Waals surface area contributed by atoms with Gasteiger partial charge in [-0.2, -0.15) is 5.10 Å². The van der Waals surface area contributed by atoms with E-state index in [-0.39, 0.29) is 12.5 Å². The van der Waals surface area contributed by atoms with Crippen LogP contribution in [-0.4, -0.2) is 20.9 Å². The number of halogens is 1. The number of carbonyl (C=O) groups is 1. The van der Waals surface area contributed by atoms with Gasteiger partial charge in [-0.3, -0.25) is 9.48 Å². The first-order valence-corrected chi connectivity index (χ1v) is 8.16. The zero-order valence-electron chi connectivity index (χ0n) is 13.1. The lowest BCUT2D eigenvalue weighted by atomic mass is 10.0. The Morgan fingerprint density at radius 2 is 2.30 bits per heavy atom. The second-order valence-corrected chi connectivity index (χ2v) is 6.37. The van der Waals surface area contributed by atoms with Crippen molar-refractivity contribution in [3.05, 3.63) is 51.8 Å². The number of aromatic nitrogens is 2. The molecule has 0 saturated heterocycles. The number of hydrogen-bond acceptors (Lipinski definition) is 3. The second kappa shape index (κ2) is 6.72. The second-order valence-electron chi connectivity index (χ2n) is 5.94. The number of aryl methyl sites for hydroxylation is 2. The molecule has 0 fully saturated rings. The number of nitrogens with zero attached hydrogens (tertiary/aromatic N) is 2. The van der Waals surface area contributed by atoms with Gasteiger partial charge in [0.05, 0.1) is 17.8 Å². The lowest BCUT2D eigenvalue weighted by Gasteiger charge is -2.18. The number of hydrogen-bond donors (Lipinski definition) is 2. The lowest BCUT2D eigenvalue weighted by molar-refractivity contribution is -0.137. The summed E-state index contributed by atoms with van der Waals surface area (Å²) in [4.78, 5) is 11.2. The van der Waals surface area contributed by atoms with Crippen molar-refractivity contribution in [2.75, 3.05) is 0 Å². The minimum Gasteiger partial charge on any atom is -0.481 e. The maximum absolute atomic E-state index is 11.2. The van der Waals surface area contributed by atoms with Crippen LogP contribution in [0.3, 0.4) is 0 Å². The molecule has 6 heteroatoms. The highest BCUT2D eigenvalue weighted by atomic mass is 35.5. The van der Waals surface area contributed by atoms with Crippen molar-refractivity contribution in [2.24, 2.45) is 7.05 Å². The molecule has 1 atom stereocenters. The van der Waals surface area contributed by atoms with Gasteiger partial charge in [-0.15, -0.1) is 0 Å². The van der Waals surface area contributed by atoms with Crippen LogP contribution in [0.5, 0.6) is 0 Å². The van der Waals surface area contributed by atoms with E-state index in [2.05, 4.69) is 10.4 Å². The van der Waals surface area contributed by atoms with Gasteiger partial charge in [0.2, 0.25) is 0 Å². The van der Waals surface area contributed by atoms with Gasteiger partial charge < -0.3 is 10.4 Å². The number of aliphatic carboxylic acids is 1. The summed E-state index contributed by atoms with van der Waals surface area (Å²) in [5.41, 5.74) is 4.54. The van der Waals surface area contributed by atoms with Crippen LogP contribution in [0.4, 0.5) is 0 Å². The largest absolute Gasteiger partial charge is 0.481 e. The normalized spacial score (nSPS) is 14.7. The molecule has 2 aromatic rings. The summed E-state index contributed by atoms with van der Waals surface area (Å²) in [6.07, 6.45) is 3.26. The first kappa shape index (κ1) is 16.0. The predicted octanol–water partition coefficient (Wildman–Crippen LogP) is 2.87. The maximum atomic E-state index is 11.2. The predicted molar refractivity (Wildman–Crippen MR) is 88.5 cm³/mol. The molecule has 0 spiro atoms. The summed E-state index contributed by atoms with van der Waals surface area (Å²) in [5.74, 6) is -0.835. The number of rotatable bonds is 6. The van der Waals surface area contributed by atoms with E-state index in [1.807, 2.05) is 29.9 Å². The monoisotopic (exact) mass is 333 g/mol. The summed E-state index contributed by atoms with van der Waals surface area (Å²) < 4.78 is 1.91. The Labute approximate surface area is 140 Å². The summed E-state index contributed by atoms with van der Waals surface area (Å²) in [7, 11) is 1.95. The van der Waals surface area contributed by atoms with E-state index in [0.717, 1.165) is 30.5 Å². The number of benzene rings is 1. The smallest absolute Gasteiger partial charge is 0.305 e. The van der Waals surface area contributed by atoms with E-state index in [1.54, 1.807) is 6.07 Å². The maximum Gasteiger partial charge on any atom is 0.305 e. The molecule has 1 aromatic carbocycles. The number of carboxylic acid groups (broad SMARTS) is 1. The molecule has 2 N–H and O–H groups in total. The average Bonchev–Trinajstić information content (AvgIpc) is 3.04. The minimum atomic E-state index is -0.835. The van der Waals surface area contributed by atoms with Crippen molar-refractivity contribution in [3.63, 3.8) is 0 Å². The molecule has 0 bridgehead atoms.